The molecule has 0 amide bonds. The highest BCUT2D eigenvalue weighted by Crippen LogP contribution is 2.07. The molecule has 1 N–H and O–H groups in total. The average molecular weight is 239 g/mol. The van der Waals surface area contributed by atoms with E-state index in [0.717, 1.165) is 38.0 Å². The van der Waals surface area contributed by atoms with Crippen LogP contribution in [0.1, 0.15) is 25.3 Å². The van der Waals surface area contributed by atoms with Crippen LogP contribution in [0.15, 0.2) is 24.3 Å². The van der Waals surface area contributed by atoms with Crippen molar-refractivity contribution in [2.24, 2.45) is 0 Å². The Hall–Kier alpha value is -0.930. The molecule has 3 heteroatoms. The van der Waals surface area contributed by atoms with Gasteiger partial charge in [0.1, 0.15) is 5.82 Å². The lowest BCUT2D eigenvalue weighted by molar-refractivity contribution is 0.125. The third-order valence-electron chi connectivity index (χ3n) is 2.76. The molecule has 0 aliphatic rings. The van der Waals surface area contributed by atoms with Gasteiger partial charge in [0.15, 0.2) is 0 Å². The first kappa shape index (κ1) is 14.1. The Morgan fingerprint density at radius 3 is 2.53 bits per heavy atom. The highest BCUT2D eigenvalue weighted by atomic mass is 19.1. The molecule has 17 heavy (non-hydrogen) atoms. The smallest absolute Gasteiger partial charge is 0.123 e. The summed E-state index contributed by atoms with van der Waals surface area (Å²) >= 11 is 0. The van der Waals surface area contributed by atoms with Gasteiger partial charge in [0.2, 0.25) is 0 Å². The summed E-state index contributed by atoms with van der Waals surface area (Å²) in [6, 6.07) is 7.09. The van der Waals surface area contributed by atoms with Gasteiger partial charge in [-0.15, -0.1) is 0 Å². The Bertz CT molecular complexity index is 300. The lowest BCUT2D eigenvalue weighted by Gasteiger charge is -2.16. The Morgan fingerprint density at radius 2 is 1.94 bits per heavy atom. The Kier molecular flexibility index (Phi) is 6.82. The summed E-state index contributed by atoms with van der Waals surface area (Å²) < 4.78 is 18.2. The molecule has 96 valence electrons. The third-order valence-corrected chi connectivity index (χ3v) is 2.76. The largest absolute Gasteiger partial charge is 0.381 e. The topological polar surface area (TPSA) is 21.3 Å². The second kappa shape index (κ2) is 8.20. The summed E-state index contributed by atoms with van der Waals surface area (Å²) in [7, 11) is 1.95. The fourth-order valence-electron chi connectivity index (χ4n) is 1.73. The third kappa shape index (κ3) is 5.80. The van der Waals surface area contributed by atoms with E-state index in [9.17, 15) is 4.39 Å². The standard InChI is InChI=1S/C14H22FNO/c1-3-9-17-10-8-14(16-2)11-12-4-6-13(15)7-5-12/h4-7,14,16H,3,8-11H2,1-2H3. The molecular weight excluding hydrogens is 217 g/mol. The van der Waals surface area contributed by atoms with Crippen LogP contribution >= 0.6 is 0 Å². The number of halogens is 1. The minimum Gasteiger partial charge on any atom is -0.381 e. The predicted molar refractivity (Wildman–Crippen MR) is 68.7 cm³/mol. The van der Waals surface area contributed by atoms with Crippen LogP contribution in [0, 0.1) is 5.82 Å². The summed E-state index contributed by atoms with van der Waals surface area (Å²) in [5.74, 6) is -0.180. The van der Waals surface area contributed by atoms with Gasteiger partial charge in [0.05, 0.1) is 0 Å². The number of nitrogens with one attached hydrogen (secondary N) is 1. The molecular formula is C14H22FNO. The fourth-order valence-corrected chi connectivity index (χ4v) is 1.73. The van der Waals surface area contributed by atoms with E-state index in [0.29, 0.717) is 6.04 Å². The summed E-state index contributed by atoms with van der Waals surface area (Å²) in [6.45, 7) is 3.71. The highest BCUT2D eigenvalue weighted by Gasteiger charge is 2.07. The monoisotopic (exact) mass is 239 g/mol. The Morgan fingerprint density at radius 1 is 1.24 bits per heavy atom. The molecule has 1 unspecified atom stereocenters. The Balaban J connectivity index is 2.33. The van der Waals surface area contributed by atoms with Crippen molar-refractivity contribution in [3.8, 4) is 0 Å². The zero-order valence-electron chi connectivity index (χ0n) is 10.7. The van der Waals surface area contributed by atoms with Crippen LogP contribution in [0.5, 0.6) is 0 Å². The van der Waals surface area contributed by atoms with Crippen molar-refractivity contribution in [2.45, 2.75) is 32.2 Å². The van der Waals surface area contributed by atoms with Crippen LogP contribution < -0.4 is 5.32 Å². The number of hydrogen-bond donors (Lipinski definition) is 1. The van der Waals surface area contributed by atoms with Crippen LogP contribution in [0.4, 0.5) is 4.39 Å². The first-order valence-electron chi connectivity index (χ1n) is 6.25. The second-order valence-corrected chi connectivity index (χ2v) is 4.22. The molecule has 0 aromatic heterocycles. The van der Waals surface area contributed by atoms with E-state index < -0.39 is 0 Å². The molecule has 0 saturated carbocycles. The lowest BCUT2D eigenvalue weighted by atomic mass is 10.0. The second-order valence-electron chi connectivity index (χ2n) is 4.22. The molecule has 1 aromatic carbocycles. The molecule has 0 aliphatic carbocycles. The number of benzene rings is 1. The minimum atomic E-state index is -0.180. The summed E-state index contributed by atoms with van der Waals surface area (Å²) in [4.78, 5) is 0. The van der Waals surface area contributed by atoms with E-state index >= 15 is 0 Å². The number of rotatable bonds is 8. The van der Waals surface area contributed by atoms with Crippen LogP contribution in [0.25, 0.3) is 0 Å². The molecule has 2 nitrogen and oxygen atoms in total. The van der Waals surface area contributed by atoms with Gasteiger partial charge in [-0.25, -0.2) is 4.39 Å². The highest BCUT2D eigenvalue weighted by molar-refractivity contribution is 5.17. The maximum Gasteiger partial charge on any atom is 0.123 e. The molecule has 0 saturated heterocycles. The molecule has 1 aromatic rings. The molecule has 1 rings (SSSR count). The maximum atomic E-state index is 12.8. The van der Waals surface area contributed by atoms with E-state index in [-0.39, 0.29) is 5.82 Å². The first-order valence-corrected chi connectivity index (χ1v) is 6.25. The maximum absolute atomic E-state index is 12.8. The van der Waals surface area contributed by atoms with Crippen molar-refractivity contribution >= 4 is 0 Å². The van der Waals surface area contributed by atoms with Gasteiger partial charge in [0, 0.05) is 19.3 Å². The van der Waals surface area contributed by atoms with Crippen LogP contribution in [0.3, 0.4) is 0 Å². The van der Waals surface area contributed by atoms with E-state index in [1.54, 1.807) is 0 Å². The van der Waals surface area contributed by atoms with Gasteiger partial charge in [-0.1, -0.05) is 19.1 Å². The van der Waals surface area contributed by atoms with Gasteiger partial charge in [-0.3, -0.25) is 0 Å². The van der Waals surface area contributed by atoms with Crippen molar-refractivity contribution < 1.29 is 9.13 Å². The van der Waals surface area contributed by atoms with E-state index in [1.807, 2.05) is 19.2 Å². The summed E-state index contributed by atoms with van der Waals surface area (Å²) in [6.07, 6.45) is 2.95. The normalized spacial score (nSPS) is 12.6. The van der Waals surface area contributed by atoms with Gasteiger partial charge >= 0.3 is 0 Å². The zero-order valence-corrected chi connectivity index (χ0v) is 10.7. The van der Waals surface area contributed by atoms with Crippen molar-refractivity contribution in [3.05, 3.63) is 35.6 Å². The van der Waals surface area contributed by atoms with Crippen molar-refractivity contribution in [1.82, 2.24) is 5.32 Å². The van der Waals surface area contributed by atoms with Crippen molar-refractivity contribution in [1.29, 1.82) is 0 Å². The molecule has 0 heterocycles. The van der Waals surface area contributed by atoms with Crippen molar-refractivity contribution in [2.75, 3.05) is 20.3 Å². The van der Waals surface area contributed by atoms with Gasteiger partial charge in [-0.2, -0.15) is 0 Å². The molecule has 0 spiro atoms. The zero-order chi connectivity index (χ0) is 12.5. The van der Waals surface area contributed by atoms with Crippen LogP contribution in [-0.2, 0) is 11.2 Å². The number of ether oxygens (including phenoxy) is 1. The first-order chi connectivity index (χ1) is 8.26. The average Bonchev–Trinajstić information content (AvgIpc) is 2.35. The molecule has 0 radical (unpaired) electrons. The van der Waals surface area contributed by atoms with E-state index in [4.69, 9.17) is 4.74 Å². The summed E-state index contributed by atoms with van der Waals surface area (Å²) in [5, 5.41) is 3.27. The molecule has 0 aliphatic heterocycles. The predicted octanol–water partition coefficient (Wildman–Crippen LogP) is 2.77. The Labute approximate surface area is 103 Å². The van der Waals surface area contributed by atoms with E-state index in [2.05, 4.69) is 12.2 Å². The molecule has 0 bridgehead atoms. The quantitative estimate of drug-likeness (QED) is 0.704. The van der Waals surface area contributed by atoms with Gasteiger partial charge < -0.3 is 10.1 Å². The van der Waals surface area contributed by atoms with Crippen LogP contribution in [-0.4, -0.2) is 26.3 Å². The molecule has 0 fully saturated rings. The summed E-state index contributed by atoms with van der Waals surface area (Å²) in [5.41, 5.74) is 1.15. The lowest BCUT2D eigenvalue weighted by Crippen LogP contribution is -2.29. The van der Waals surface area contributed by atoms with Crippen molar-refractivity contribution in [3.63, 3.8) is 0 Å². The SMILES string of the molecule is CCCOCCC(Cc1ccc(F)cc1)NC. The van der Waals surface area contributed by atoms with E-state index in [1.165, 1.54) is 12.1 Å². The minimum absolute atomic E-state index is 0.180. The van der Waals surface area contributed by atoms with Crippen LogP contribution in [0.2, 0.25) is 0 Å². The van der Waals surface area contributed by atoms with Gasteiger partial charge in [0.25, 0.3) is 0 Å². The fraction of sp³-hybridized carbons (Fsp3) is 0.571. The van der Waals surface area contributed by atoms with Gasteiger partial charge in [-0.05, 0) is 44.0 Å². The number of hydrogen-bond acceptors (Lipinski definition) is 2. The number of likely N-dealkylation sites (N-methyl/N-ethyl adjacent to an activating group) is 1. The molecule has 1 atom stereocenters.